The molecule has 30 heavy (non-hydrogen) atoms. The van der Waals surface area contributed by atoms with Crippen LogP contribution in [0.5, 0.6) is 5.75 Å². The van der Waals surface area contributed by atoms with E-state index >= 15 is 0 Å². The minimum absolute atomic E-state index is 0.214. The number of thiazole rings is 1. The van der Waals surface area contributed by atoms with Gasteiger partial charge in [-0.1, -0.05) is 48.5 Å². The van der Waals surface area contributed by atoms with Gasteiger partial charge in [0.1, 0.15) is 22.2 Å². The number of rotatable bonds is 6. The second-order valence-electron chi connectivity index (χ2n) is 6.48. The number of amides is 1. The fraction of sp³-hybridized carbons (Fsp3) is 0.0417. The molecule has 0 radical (unpaired) electrons. The number of nitriles is 1. The second kappa shape index (κ2) is 9.03. The normalized spacial score (nSPS) is 10.2. The Kier molecular flexibility index (Phi) is 5.83. The maximum absolute atomic E-state index is 12.6. The Morgan fingerprint density at radius 3 is 2.70 bits per heavy atom. The average Bonchev–Trinajstić information content (AvgIpc) is 3.29. The van der Waals surface area contributed by atoms with Crippen LogP contribution in [-0.4, -0.2) is 10.9 Å². The first kappa shape index (κ1) is 19.4. The van der Waals surface area contributed by atoms with Gasteiger partial charge in [0.15, 0.2) is 0 Å². The number of carbonyl (C=O) groups excluding carboxylic acids is 1. The van der Waals surface area contributed by atoms with Crippen LogP contribution in [-0.2, 0) is 6.61 Å². The molecule has 0 bridgehead atoms. The average molecular weight is 411 g/mol. The van der Waals surface area contributed by atoms with E-state index in [1.54, 1.807) is 30.5 Å². The van der Waals surface area contributed by atoms with Crippen LogP contribution in [0.4, 0.5) is 5.69 Å². The minimum Gasteiger partial charge on any atom is -0.489 e. The number of benzene rings is 3. The van der Waals surface area contributed by atoms with Gasteiger partial charge in [-0.3, -0.25) is 4.79 Å². The highest BCUT2D eigenvalue weighted by molar-refractivity contribution is 7.17. The van der Waals surface area contributed by atoms with Crippen LogP contribution in [0.15, 0.2) is 85.1 Å². The molecule has 4 aromatic rings. The number of carbonyl (C=O) groups is 1. The van der Waals surface area contributed by atoms with Gasteiger partial charge in [0.05, 0.1) is 17.8 Å². The molecule has 0 saturated carbocycles. The lowest BCUT2D eigenvalue weighted by Gasteiger charge is -2.09. The lowest BCUT2D eigenvalue weighted by Crippen LogP contribution is -2.10. The molecular weight excluding hydrogens is 394 g/mol. The molecule has 0 spiro atoms. The summed E-state index contributed by atoms with van der Waals surface area (Å²) in [7, 11) is 0. The van der Waals surface area contributed by atoms with Crippen molar-refractivity contribution in [3.05, 3.63) is 101 Å². The van der Waals surface area contributed by atoms with E-state index in [1.807, 2.05) is 54.6 Å². The van der Waals surface area contributed by atoms with Gasteiger partial charge in [0, 0.05) is 17.3 Å². The number of nitrogens with zero attached hydrogens (tertiary/aromatic N) is 2. The van der Waals surface area contributed by atoms with E-state index in [4.69, 9.17) is 10.00 Å². The summed E-state index contributed by atoms with van der Waals surface area (Å²) in [4.78, 5) is 17.5. The topological polar surface area (TPSA) is 75.0 Å². The Labute approximate surface area is 178 Å². The zero-order valence-corrected chi connectivity index (χ0v) is 16.7. The van der Waals surface area contributed by atoms with Crippen LogP contribution in [0, 0.1) is 11.3 Å². The van der Waals surface area contributed by atoms with Crippen molar-refractivity contribution < 1.29 is 9.53 Å². The quantitative estimate of drug-likeness (QED) is 0.454. The number of aromatic nitrogens is 1. The highest BCUT2D eigenvalue weighted by Crippen LogP contribution is 2.26. The number of anilines is 1. The van der Waals surface area contributed by atoms with Crippen molar-refractivity contribution >= 4 is 22.9 Å². The lowest BCUT2D eigenvalue weighted by atomic mass is 10.1. The van der Waals surface area contributed by atoms with Crippen molar-refractivity contribution in [3.63, 3.8) is 0 Å². The first-order valence-corrected chi connectivity index (χ1v) is 10.1. The van der Waals surface area contributed by atoms with Crippen molar-refractivity contribution in [2.24, 2.45) is 0 Å². The second-order valence-corrected chi connectivity index (χ2v) is 7.51. The van der Waals surface area contributed by atoms with E-state index in [2.05, 4.69) is 16.4 Å². The molecule has 0 aliphatic rings. The third kappa shape index (κ3) is 4.72. The molecule has 0 unspecified atom stereocenters. The molecule has 4 rings (SSSR count). The summed E-state index contributed by atoms with van der Waals surface area (Å²) in [6.45, 7) is 0.336. The molecule has 1 amide bonds. The Balaban J connectivity index is 1.41. The summed E-state index contributed by atoms with van der Waals surface area (Å²) in [5, 5.41) is 12.7. The summed E-state index contributed by atoms with van der Waals surface area (Å²) in [6, 6.07) is 26.4. The fourth-order valence-electron chi connectivity index (χ4n) is 2.85. The molecule has 0 atom stereocenters. The molecule has 0 fully saturated rings. The first-order chi connectivity index (χ1) is 14.7. The lowest BCUT2D eigenvalue weighted by molar-refractivity contribution is 0.103. The zero-order valence-electron chi connectivity index (χ0n) is 15.9. The molecule has 5 nitrogen and oxygen atoms in total. The standard InChI is InChI=1S/C24H17N3O2S/c25-14-17-6-4-7-18(12-17)16-29-21-11-5-10-20(13-21)27-23(28)22-15-26-24(30-22)19-8-2-1-3-9-19/h1-13,15H,16H2,(H,27,28). The zero-order chi connectivity index (χ0) is 20.8. The molecule has 1 heterocycles. The van der Waals surface area contributed by atoms with Gasteiger partial charge in [0.25, 0.3) is 5.91 Å². The van der Waals surface area contributed by atoms with Crippen LogP contribution < -0.4 is 10.1 Å². The van der Waals surface area contributed by atoms with Crippen LogP contribution in [0.3, 0.4) is 0 Å². The molecule has 6 heteroatoms. The number of hydrogen-bond acceptors (Lipinski definition) is 5. The summed E-state index contributed by atoms with van der Waals surface area (Å²) in [5.74, 6) is 0.415. The number of ether oxygens (including phenoxy) is 1. The first-order valence-electron chi connectivity index (χ1n) is 9.26. The summed E-state index contributed by atoms with van der Waals surface area (Å²) >= 11 is 1.35. The monoisotopic (exact) mass is 411 g/mol. The smallest absolute Gasteiger partial charge is 0.267 e. The van der Waals surface area contributed by atoms with E-state index in [1.165, 1.54) is 11.3 Å². The van der Waals surface area contributed by atoms with Crippen molar-refractivity contribution in [1.29, 1.82) is 5.26 Å². The maximum atomic E-state index is 12.6. The molecule has 1 N–H and O–H groups in total. The predicted molar refractivity (Wildman–Crippen MR) is 117 cm³/mol. The Morgan fingerprint density at radius 1 is 1.03 bits per heavy atom. The third-order valence-corrected chi connectivity index (χ3v) is 5.35. The van der Waals surface area contributed by atoms with Crippen molar-refractivity contribution in [1.82, 2.24) is 4.98 Å². The highest BCUT2D eigenvalue weighted by Gasteiger charge is 2.12. The van der Waals surface area contributed by atoms with Crippen LogP contribution in [0.2, 0.25) is 0 Å². The largest absolute Gasteiger partial charge is 0.489 e. The van der Waals surface area contributed by atoms with Crippen LogP contribution in [0.1, 0.15) is 20.8 Å². The van der Waals surface area contributed by atoms with Gasteiger partial charge >= 0.3 is 0 Å². The van der Waals surface area contributed by atoms with E-state index in [0.29, 0.717) is 28.5 Å². The Bertz CT molecular complexity index is 1210. The van der Waals surface area contributed by atoms with Crippen LogP contribution >= 0.6 is 11.3 Å². The molecule has 3 aromatic carbocycles. The molecule has 0 aliphatic heterocycles. The third-order valence-electron chi connectivity index (χ3n) is 4.30. The van der Waals surface area contributed by atoms with E-state index in [-0.39, 0.29) is 5.91 Å². The highest BCUT2D eigenvalue weighted by atomic mass is 32.1. The molecule has 1 aromatic heterocycles. The SMILES string of the molecule is N#Cc1cccc(COc2cccc(NC(=O)c3cnc(-c4ccccc4)s3)c2)c1. The van der Waals surface area contributed by atoms with Gasteiger partial charge in [-0.15, -0.1) is 11.3 Å². The number of nitrogens with one attached hydrogen (secondary N) is 1. The molecule has 146 valence electrons. The predicted octanol–water partition coefficient (Wildman–Crippen LogP) is 5.51. The van der Waals surface area contributed by atoms with E-state index in [0.717, 1.165) is 16.1 Å². The molecule has 0 aliphatic carbocycles. The van der Waals surface area contributed by atoms with Gasteiger partial charge in [0.2, 0.25) is 0 Å². The Hall–Kier alpha value is -3.95. The fourth-order valence-corrected chi connectivity index (χ4v) is 3.66. The van der Waals surface area contributed by atoms with Crippen molar-refractivity contribution in [3.8, 4) is 22.4 Å². The van der Waals surface area contributed by atoms with E-state index < -0.39 is 0 Å². The minimum atomic E-state index is -0.214. The van der Waals surface area contributed by atoms with Crippen molar-refractivity contribution in [2.75, 3.05) is 5.32 Å². The summed E-state index contributed by atoms with van der Waals surface area (Å²) in [5.41, 5.74) is 3.12. The molecular formula is C24H17N3O2S. The van der Waals surface area contributed by atoms with Gasteiger partial charge in [-0.05, 0) is 29.8 Å². The number of hydrogen-bond donors (Lipinski definition) is 1. The van der Waals surface area contributed by atoms with Gasteiger partial charge in [-0.2, -0.15) is 5.26 Å². The molecule has 0 saturated heterocycles. The Morgan fingerprint density at radius 2 is 1.87 bits per heavy atom. The maximum Gasteiger partial charge on any atom is 0.267 e. The van der Waals surface area contributed by atoms with Crippen LogP contribution in [0.25, 0.3) is 10.6 Å². The van der Waals surface area contributed by atoms with Gasteiger partial charge < -0.3 is 10.1 Å². The summed E-state index contributed by atoms with van der Waals surface area (Å²) in [6.07, 6.45) is 1.59. The van der Waals surface area contributed by atoms with E-state index in [9.17, 15) is 4.79 Å². The van der Waals surface area contributed by atoms with Gasteiger partial charge in [-0.25, -0.2) is 4.98 Å². The summed E-state index contributed by atoms with van der Waals surface area (Å²) < 4.78 is 5.81. The van der Waals surface area contributed by atoms with Crippen molar-refractivity contribution in [2.45, 2.75) is 6.61 Å².